The average Bonchev–Trinajstić information content (AvgIpc) is 3.46. The third-order valence-electron chi connectivity index (χ3n) is 6.48. The number of amides is 1. The molecule has 1 aliphatic carbocycles. The number of carbonyl (C=O) groups is 1. The maximum Gasteiger partial charge on any atom is 0.272 e. The van der Waals surface area contributed by atoms with E-state index in [1.54, 1.807) is 6.07 Å². The summed E-state index contributed by atoms with van der Waals surface area (Å²) in [6.07, 6.45) is 5.26. The number of aromatic nitrogens is 1. The normalized spacial score (nSPS) is 16.2. The van der Waals surface area contributed by atoms with E-state index in [-0.39, 0.29) is 5.91 Å². The zero-order valence-electron chi connectivity index (χ0n) is 17.6. The largest absolute Gasteiger partial charge is 0.335 e. The van der Waals surface area contributed by atoms with Gasteiger partial charge in [-0.1, -0.05) is 36.4 Å². The molecular formula is C26H26N4O. The second-order valence-corrected chi connectivity index (χ2v) is 8.42. The molecule has 1 aromatic heterocycles. The Balaban J connectivity index is 1.34. The molecule has 0 bridgehead atoms. The summed E-state index contributed by atoms with van der Waals surface area (Å²) in [4.78, 5) is 17.7. The fourth-order valence-electron chi connectivity index (χ4n) is 4.76. The molecule has 2 aromatic carbocycles. The summed E-state index contributed by atoms with van der Waals surface area (Å²) in [6.45, 7) is 3.92. The van der Waals surface area contributed by atoms with E-state index in [1.807, 2.05) is 21.7 Å². The van der Waals surface area contributed by atoms with Gasteiger partial charge in [0.15, 0.2) is 0 Å². The van der Waals surface area contributed by atoms with Crippen LogP contribution in [0.5, 0.6) is 0 Å². The molecule has 1 aliphatic heterocycles. The van der Waals surface area contributed by atoms with E-state index in [0.29, 0.717) is 24.3 Å². The number of carbonyl (C=O) groups excluding carboxylic acids is 1. The highest BCUT2D eigenvalue weighted by Crippen LogP contribution is 2.27. The van der Waals surface area contributed by atoms with Crippen molar-refractivity contribution in [2.45, 2.75) is 25.8 Å². The third-order valence-corrected chi connectivity index (χ3v) is 6.48. The maximum atomic E-state index is 13.5. The van der Waals surface area contributed by atoms with Crippen LogP contribution in [-0.4, -0.2) is 46.5 Å². The van der Waals surface area contributed by atoms with Gasteiger partial charge in [0.1, 0.15) is 11.8 Å². The van der Waals surface area contributed by atoms with E-state index >= 15 is 0 Å². The summed E-state index contributed by atoms with van der Waals surface area (Å²) < 4.78 is 1.90. The fraction of sp³-hybridized carbons (Fsp3) is 0.308. The molecule has 1 saturated heterocycles. The van der Waals surface area contributed by atoms with Crippen LogP contribution in [0.25, 0.3) is 5.69 Å². The van der Waals surface area contributed by atoms with Crippen LogP contribution in [0, 0.1) is 11.3 Å². The van der Waals surface area contributed by atoms with E-state index in [4.69, 9.17) is 0 Å². The Morgan fingerprint density at radius 2 is 1.71 bits per heavy atom. The van der Waals surface area contributed by atoms with Crippen molar-refractivity contribution < 1.29 is 4.79 Å². The molecule has 31 heavy (non-hydrogen) atoms. The Morgan fingerprint density at radius 1 is 0.935 bits per heavy atom. The molecule has 1 fully saturated rings. The highest BCUT2D eigenvalue weighted by atomic mass is 16.2. The number of aryl methyl sites for hydroxylation is 2. The van der Waals surface area contributed by atoms with Gasteiger partial charge in [-0.25, -0.2) is 0 Å². The smallest absolute Gasteiger partial charge is 0.272 e. The number of piperazine rings is 1. The van der Waals surface area contributed by atoms with Crippen molar-refractivity contribution in [2.75, 3.05) is 26.2 Å². The van der Waals surface area contributed by atoms with E-state index < -0.39 is 0 Å². The Morgan fingerprint density at radius 3 is 2.48 bits per heavy atom. The highest BCUT2D eigenvalue weighted by Gasteiger charge is 2.27. The van der Waals surface area contributed by atoms with Gasteiger partial charge in [0, 0.05) is 44.6 Å². The summed E-state index contributed by atoms with van der Waals surface area (Å²) >= 11 is 0. The van der Waals surface area contributed by atoms with Gasteiger partial charge in [-0.3, -0.25) is 9.69 Å². The Labute approximate surface area is 183 Å². The Bertz CT molecular complexity index is 1130. The molecule has 0 spiro atoms. The number of hydrogen-bond acceptors (Lipinski definition) is 3. The molecule has 0 N–H and O–H groups in total. The van der Waals surface area contributed by atoms with Gasteiger partial charge < -0.3 is 9.47 Å². The Kier molecular flexibility index (Phi) is 5.31. The number of rotatable bonds is 4. The molecule has 0 unspecified atom stereocenters. The number of nitrogens with zero attached hydrogens (tertiary/aromatic N) is 4. The van der Waals surface area contributed by atoms with Gasteiger partial charge in [0.2, 0.25) is 0 Å². The summed E-state index contributed by atoms with van der Waals surface area (Å²) in [5, 5.41) is 9.64. The molecule has 5 heteroatoms. The van der Waals surface area contributed by atoms with Gasteiger partial charge in [0.25, 0.3) is 5.91 Å². The molecule has 3 aromatic rings. The van der Waals surface area contributed by atoms with Crippen molar-refractivity contribution in [2.24, 2.45) is 0 Å². The lowest BCUT2D eigenvalue weighted by molar-refractivity contribution is 0.0620. The second-order valence-electron chi connectivity index (χ2n) is 8.42. The van der Waals surface area contributed by atoms with Crippen molar-refractivity contribution in [3.05, 3.63) is 88.7 Å². The number of nitriles is 1. The van der Waals surface area contributed by atoms with Crippen LogP contribution in [0.15, 0.2) is 60.8 Å². The number of fused-ring (bicyclic) bond motifs is 1. The van der Waals surface area contributed by atoms with Crippen molar-refractivity contribution in [1.29, 1.82) is 5.26 Å². The molecular weight excluding hydrogens is 384 g/mol. The first-order chi connectivity index (χ1) is 15.2. The summed E-state index contributed by atoms with van der Waals surface area (Å²) in [6, 6.07) is 20.8. The SMILES string of the molecule is N#Cc1ccn(-c2ccc3c(c2)CCC3)c1C(=O)N1CCN(Cc2ccccc2)CC1. The standard InChI is InChI=1S/C26H26N4O/c27-18-23-11-12-30(24-10-9-21-7-4-8-22(21)17-24)25(23)26(31)29-15-13-28(14-16-29)19-20-5-2-1-3-6-20/h1-3,5-6,9-12,17H,4,7-8,13-16,19H2. The van der Waals surface area contributed by atoms with Crippen molar-refractivity contribution in [3.8, 4) is 11.8 Å². The van der Waals surface area contributed by atoms with Gasteiger partial charge in [-0.05, 0) is 54.2 Å². The molecule has 1 amide bonds. The van der Waals surface area contributed by atoms with E-state index in [0.717, 1.165) is 38.2 Å². The fourth-order valence-corrected chi connectivity index (χ4v) is 4.76. The number of hydrogen-bond donors (Lipinski definition) is 0. The van der Waals surface area contributed by atoms with E-state index in [2.05, 4.69) is 53.4 Å². The summed E-state index contributed by atoms with van der Waals surface area (Å²) in [5.74, 6) is -0.0543. The zero-order chi connectivity index (χ0) is 21.2. The van der Waals surface area contributed by atoms with Crippen LogP contribution in [0.1, 0.15) is 39.2 Å². The minimum Gasteiger partial charge on any atom is -0.335 e. The van der Waals surface area contributed by atoms with Gasteiger partial charge in [-0.2, -0.15) is 5.26 Å². The highest BCUT2D eigenvalue weighted by molar-refractivity contribution is 5.96. The third kappa shape index (κ3) is 3.87. The number of benzene rings is 2. The van der Waals surface area contributed by atoms with Crippen molar-refractivity contribution in [3.63, 3.8) is 0 Å². The van der Waals surface area contributed by atoms with Crippen LogP contribution in [0.3, 0.4) is 0 Å². The first-order valence-electron chi connectivity index (χ1n) is 11.0. The van der Waals surface area contributed by atoms with E-state index in [1.165, 1.54) is 23.1 Å². The van der Waals surface area contributed by atoms with Gasteiger partial charge >= 0.3 is 0 Å². The maximum absolute atomic E-state index is 13.5. The predicted octanol–water partition coefficient (Wildman–Crippen LogP) is 3.80. The molecule has 156 valence electrons. The molecule has 5 nitrogen and oxygen atoms in total. The molecule has 2 heterocycles. The van der Waals surface area contributed by atoms with Crippen LogP contribution >= 0.6 is 0 Å². The molecule has 5 rings (SSSR count). The second kappa shape index (κ2) is 8.41. The topological polar surface area (TPSA) is 52.3 Å². The van der Waals surface area contributed by atoms with Crippen LogP contribution in [-0.2, 0) is 19.4 Å². The monoisotopic (exact) mass is 410 g/mol. The van der Waals surface area contributed by atoms with Gasteiger partial charge in [0.05, 0.1) is 5.56 Å². The Hall–Kier alpha value is -3.36. The van der Waals surface area contributed by atoms with E-state index in [9.17, 15) is 10.1 Å². The molecule has 0 radical (unpaired) electrons. The van der Waals surface area contributed by atoms with Crippen molar-refractivity contribution in [1.82, 2.24) is 14.4 Å². The quantitative estimate of drug-likeness (QED) is 0.658. The minimum atomic E-state index is -0.0543. The lowest BCUT2D eigenvalue weighted by Crippen LogP contribution is -2.48. The summed E-state index contributed by atoms with van der Waals surface area (Å²) in [5.41, 5.74) is 5.94. The first-order valence-corrected chi connectivity index (χ1v) is 11.0. The summed E-state index contributed by atoms with van der Waals surface area (Å²) in [7, 11) is 0. The minimum absolute atomic E-state index is 0.0543. The molecule has 2 aliphatic rings. The van der Waals surface area contributed by atoms with Gasteiger partial charge in [-0.15, -0.1) is 0 Å². The predicted molar refractivity (Wildman–Crippen MR) is 120 cm³/mol. The first kappa shape index (κ1) is 19.6. The van der Waals surface area contributed by atoms with Crippen LogP contribution in [0.2, 0.25) is 0 Å². The zero-order valence-corrected chi connectivity index (χ0v) is 17.6. The van der Waals surface area contributed by atoms with Crippen LogP contribution < -0.4 is 0 Å². The molecule has 0 atom stereocenters. The van der Waals surface area contributed by atoms with Crippen LogP contribution in [0.4, 0.5) is 0 Å². The lowest BCUT2D eigenvalue weighted by atomic mass is 10.1. The van der Waals surface area contributed by atoms with Crippen molar-refractivity contribution >= 4 is 5.91 Å². The average molecular weight is 411 g/mol. The lowest BCUT2D eigenvalue weighted by Gasteiger charge is -2.35. The molecule has 0 saturated carbocycles.